The van der Waals surface area contributed by atoms with Crippen LogP contribution in [0, 0.1) is 6.92 Å². The van der Waals surface area contributed by atoms with Crippen LogP contribution in [0.25, 0.3) is 0 Å². The third-order valence-corrected chi connectivity index (χ3v) is 4.25. The molecule has 5 nitrogen and oxygen atoms in total. The predicted molar refractivity (Wildman–Crippen MR) is 73.2 cm³/mol. The van der Waals surface area contributed by atoms with Crippen molar-refractivity contribution < 1.29 is 12.8 Å². The Morgan fingerprint density at radius 3 is 2.74 bits per heavy atom. The first-order chi connectivity index (χ1) is 8.99. The Morgan fingerprint density at radius 1 is 1.32 bits per heavy atom. The van der Waals surface area contributed by atoms with Crippen molar-refractivity contribution in [1.29, 1.82) is 0 Å². The molecule has 2 aromatic rings. The molecule has 0 spiro atoms. The molecule has 0 aliphatic rings. The van der Waals surface area contributed by atoms with E-state index in [2.05, 4.69) is 4.72 Å². The first-order valence-electron chi connectivity index (χ1n) is 5.87. The van der Waals surface area contributed by atoms with E-state index in [1.54, 1.807) is 31.4 Å². The van der Waals surface area contributed by atoms with Gasteiger partial charge in [0, 0.05) is 18.7 Å². The van der Waals surface area contributed by atoms with Crippen molar-refractivity contribution in [3.8, 4) is 0 Å². The molecule has 0 unspecified atom stereocenters. The minimum absolute atomic E-state index is 0.221. The lowest BCUT2D eigenvalue weighted by molar-refractivity contribution is 0.506. The van der Waals surface area contributed by atoms with Crippen molar-refractivity contribution in [1.82, 2.24) is 4.72 Å². The van der Waals surface area contributed by atoms with Crippen molar-refractivity contribution in [2.75, 3.05) is 12.3 Å². The second kappa shape index (κ2) is 5.46. The smallest absolute Gasteiger partial charge is 0.240 e. The maximum absolute atomic E-state index is 12.0. The summed E-state index contributed by atoms with van der Waals surface area (Å²) in [6.07, 6.45) is 2.08. The number of rotatable bonds is 5. The molecular weight excluding hydrogens is 264 g/mol. The maximum Gasteiger partial charge on any atom is 0.240 e. The number of nitrogen functional groups attached to an aromatic ring is 1. The van der Waals surface area contributed by atoms with E-state index in [1.807, 2.05) is 6.07 Å². The van der Waals surface area contributed by atoms with Gasteiger partial charge in [0.15, 0.2) is 0 Å². The molecule has 0 amide bonds. The maximum atomic E-state index is 12.0. The second-order valence-electron chi connectivity index (χ2n) is 4.25. The SMILES string of the molecule is Cc1cc(S(=O)(=O)NCCc2ccco2)ccc1N. The lowest BCUT2D eigenvalue weighted by Gasteiger charge is -2.08. The molecule has 1 aromatic heterocycles. The van der Waals surface area contributed by atoms with Gasteiger partial charge < -0.3 is 10.2 Å². The zero-order chi connectivity index (χ0) is 13.9. The minimum Gasteiger partial charge on any atom is -0.469 e. The molecule has 1 heterocycles. The van der Waals surface area contributed by atoms with Crippen LogP contribution in [-0.4, -0.2) is 15.0 Å². The highest BCUT2D eigenvalue weighted by molar-refractivity contribution is 7.89. The second-order valence-corrected chi connectivity index (χ2v) is 6.01. The van der Waals surface area contributed by atoms with E-state index in [0.717, 1.165) is 11.3 Å². The van der Waals surface area contributed by atoms with Crippen molar-refractivity contribution in [2.45, 2.75) is 18.2 Å². The van der Waals surface area contributed by atoms with Gasteiger partial charge in [0.1, 0.15) is 5.76 Å². The highest BCUT2D eigenvalue weighted by Gasteiger charge is 2.14. The number of hydrogen-bond acceptors (Lipinski definition) is 4. The van der Waals surface area contributed by atoms with Gasteiger partial charge in [0.2, 0.25) is 10.0 Å². The van der Waals surface area contributed by atoms with E-state index in [-0.39, 0.29) is 4.90 Å². The third-order valence-electron chi connectivity index (χ3n) is 2.80. The van der Waals surface area contributed by atoms with E-state index < -0.39 is 10.0 Å². The fourth-order valence-corrected chi connectivity index (χ4v) is 2.78. The van der Waals surface area contributed by atoms with Crippen molar-refractivity contribution in [3.63, 3.8) is 0 Å². The standard InChI is InChI=1S/C13H16N2O3S/c1-10-9-12(4-5-13(10)14)19(16,17)15-7-6-11-3-2-8-18-11/h2-5,8-9,15H,6-7,14H2,1H3. The fraction of sp³-hybridized carbons (Fsp3) is 0.231. The number of anilines is 1. The summed E-state index contributed by atoms with van der Waals surface area (Å²) in [6, 6.07) is 8.23. The van der Waals surface area contributed by atoms with Gasteiger partial charge in [-0.2, -0.15) is 0 Å². The lowest BCUT2D eigenvalue weighted by Crippen LogP contribution is -2.26. The summed E-state index contributed by atoms with van der Waals surface area (Å²) in [5.74, 6) is 0.746. The van der Waals surface area contributed by atoms with Gasteiger partial charge in [-0.25, -0.2) is 13.1 Å². The Hall–Kier alpha value is -1.79. The molecule has 0 radical (unpaired) electrons. The summed E-state index contributed by atoms with van der Waals surface area (Å²) in [4.78, 5) is 0.221. The number of furan rings is 1. The molecule has 3 N–H and O–H groups in total. The summed E-state index contributed by atoms with van der Waals surface area (Å²) in [7, 11) is -3.50. The highest BCUT2D eigenvalue weighted by atomic mass is 32.2. The average molecular weight is 280 g/mol. The average Bonchev–Trinajstić information content (AvgIpc) is 2.85. The largest absolute Gasteiger partial charge is 0.469 e. The van der Waals surface area contributed by atoms with Crippen molar-refractivity contribution >= 4 is 15.7 Å². The number of sulfonamides is 1. The Kier molecular flexibility index (Phi) is 3.92. The van der Waals surface area contributed by atoms with Crippen LogP contribution < -0.4 is 10.5 Å². The van der Waals surface area contributed by atoms with E-state index >= 15 is 0 Å². The first kappa shape index (κ1) is 13.6. The normalized spacial score (nSPS) is 11.6. The number of nitrogens with one attached hydrogen (secondary N) is 1. The molecule has 2 rings (SSSR count). The lowest BCUT2D eigenvalue weighted by atomic mass is 10.2. The molecule has 102 valence electrons. The summed E-state index contributed by atoms with van der Waals surface area (Å²) in [6.45, 7) is 2.07. The third kappa shape index (κ3) is 3.36. The zero-order valence-electron chi connectivity index (χ0n) is 10.6. The molecule has 6 heteroatoms. The summed E-state index contributed by atoms with van der Waals surface area (Å²) in [5, 5.41) is 0. The number of aryl methyl sites for hydroxylation is 1. The summed E-state index contributed by atoms with van der Waals surface area (Å²) in [5.41, 5.74) is 6.99. The van der Waals surface area contributed by atoms with E-state index in [9.17, 15) is 8.42 Å². The first-order valence-corrected chi connectivity index (χ1v) is 7.35. The molecule has 0 atom stereocenters. The highest BCUT2D eigenvalue weighted by Crippen LogP contribution is 2.16. The predicted octanol–water partition coefficient (Wildman–Crippen LogP) is 1.69. The van der Waals surface area contributed by atoms with Crippen LogP contribution in [0.3, 0.4) is 0 Å². The van der Waals surface area contributed by atoms with Crippen LogP contribution >= 0.6 is 0 Å². The molecule has 0 aliphatic carbocycles. The van der Waals surface area contributed by atoms with Gasteiger partial charge in [-0.15, -0.1) is 0 Å². The van der Waals surface area contributed by atoms with Gasteiger partial charge >= 0.3 is 0 Å². The van der Waals surface area contributed by atoms with Gasteiger partial charge in [0.25, 0.3) is 0 Å². The zero-order valence-corrected chi connectivity index (χ0v) is 11.4. The number of hydrogen-bond donors (Lipinski definition) is 2. The Labute approximate surface area is 112 Å². The van der Waals surface area contributed by atoms with Crippen LogP contribution in [0.5, 0.6) is 0 Å². The summed E-state index contributed by atoms with van der Waals surface area (Å²) >= 11 is 0. The molecule has 0 saturated carbocycles. The van der Waals surface area contributed by atoms with Gasteiger partial charge in [-0.05, 0) is 42.8 Å². The number of nitrogens with two attached hydrogens (primary N) is 1. The quantitative estimate of drug-likeness (QED) is 0.816. The number of benzene rings is 1. The molecular formula is C13H16N2O3S. The Bertz CT molecular complexity index is 649. The van der Waals surface area contributed by atoms with E-state index in [4.69, 9.17) is 10.2 Å². The molecule has 1 aromatic carbocycles. The molecule has 0 bridgehead atoms. The monoisotopic (exact) mass is 280 g/mol. The van der Waals surface area contributed by atoms with Crippen LogP contribution in [0.15, 0.2) is 45.9 Å². The molecule has 19 heavy (non-hydrogen) atoms. The van der Waals surface area contributed by atoms with Gasteiger partial charge in [0.05, 0.1) is 11.2 Å². The van der Waals surface area contributed by atoms with Crippen molar-refractivity contribution in [2.24, 2.45) is 0 Å². The van der Waals surface area contributed by atoms with Crippen LogP contribution in [0.4, 0.5) is 5.69 Å². The Morgan fingerprint density at radius 2 is 2.11 bits per heavy atom. The minimum atomic E-state index is -3.50. The van der Waals surface area contributed by atoms with Crippen LogP contribution in [0.2, 0.25) is 0 Å². The van der Waals surface area contributed by atoms with Crippen molar-refractivity contribution in [3.05, 3.63) is 47.9 Å². The van der Waals surface area contributed by atoms with Crippen LogP contribution in [0.1, 0.15) is 11.3 Å². The molecule has 0 saturated heterocycles. The fourth-order valence-electron chi connectivity index (χ4n) is 1.66. The van der Waals surface area contributed by atoms with E-state index in [1.165, 1.54) is 6.07 Å². The summed E-state index contributed by atoms with van der Waals surface area (Å²) < 4.78 is 31.8. The molecule has 0 aliphatic heterocycles. The van der Waals surface area contributed by atoms with Gasteiger partial charge in [-0.1, -0.05) is 0 Å². The molecule has 0 fully saturated rings. The van der Waals surface area contributed by atoms with Crippen LogP contribution in [-0.2, 0) is 16.4 Å². The van der Waals surface area contributed by atoms with E-state index in [0.29, 0.717) is 18.7 Å². The Balaban J connectivity index is 2.03. The van der Waals surface area contributed by atoms with Gasteiger partial charge in [-0.3, -0.25) is 0 Å². The topological polar surface area (TPSA) is 85.3 Å².